The van der Waals surface area contributed by atoms with Crippen molar-refractivity contribution in [2.45, 2.75) is 6.92 Å². The second kappa shape index (κ2) is 3.98. The highest BCUT2D eigenvalue weighted by Crippen LogP contribution is 2.44. The number of phenols is 2. The maximum absolute atomic E-state index is 12.4. The molecule has 5 nitrogen and oxygen atoms in total. The van der Waals surface area contributed by atoms with Crippen molar-refractivity contribution in [3.8, 4) is 22.8 Å². The zero-order chi connectivity index (χ0) is 15.6. The summed E-state index contributed by atoms with van der Waals surface area (Å²) in [4.78, 5) is 24.7. The van der Waals surface area contributed by atoms with Crippen molar-refractivity contribution in [3.63, 3.8) is 0 Å². The van der Waals surface area contributed by atoms with Gasteiger partial charge in [-0.25, -0.2) is 0 Å². The maximum Gasteiger partial charge on any atom is 0.238 e. The molecule has 0 amide bonds. The summed E-state index contributed by atoms with van der Waals surface area (Å²) in [7, 11) is 0. The summed E-state index contributed by atoms with van der Waals surface area (Å²) in [6.07, 6.45) is 0. The fourth-order valence-electron chi connectivity index (χ4n) is 2.89. The van der Waals surface area contributed by atoms with Gasteiger partial charge in [0, 0.05) is 22.1 Å². The van der Waals surface area contributed by atoms with Crippen molar-refractivity contribution in [1.82, 2.24) is 0 Å². The van der Waals surface area contributed by atoms with Crippen LogP contribution in [0.15, 0.2) is 34.7 Å². The number of furan rings is 1. The van der Waals surface area contributed by atoms with Gasteiger partial charge in [-0.2, -0.15) is 0 Å². The van der Waals surface area contributed by atoms with Gasteiger partial charge >= 0.3 is 0 Å². The Kier molecular flexibility index (Phi) is 2.29. The molecule has 0 unspecified atom stereocenters. The third kappa shape index (κ3) is 1.37. The van der Waals surface area contributed by atoms with E-state index in [4.69, 9.17) is 4.42 Å². The highest BCUT2D eigenvalue weighted by atomic mass is 16.3. The summed E-state index contributed by atoms with van der Waals surface area (Å²) in [6.45, 7) is 1.57. The highest BCUT2D eigenvalue weighted by Gasteiger charge is 2.36. The predicted octanol–water partition coefficient (Wildman–Crippen LogP) is 3.20. The summed E-state index contributed by atoms with van der Waals surface area (Å²) in [5, 5.41) is 19.9. The SMILES string of the molecule is Cc1c(O)c(O)cc2c3c(oc12)-c1ccccc1C(=O)C3=O. The van der Waals surface area contributed by atoms with Crippen LogP contribution in [0.3, 0.4) is 0 Å². The quantitative estimate of drug-likeness (QED) is 0.491. The number of aromatic hydroxyl groups is 2. The third-order valence-electron chi connectivity index (χ3n) is 4.01. The molecule has 3 aromatic rings. The molecule has 0 saturated carbocycles. The number of fused-ring (bicyclic) bond motifs is 5. The Labute approximate surface area is 124 Å². The van der Waals surface area contributed by atoms with Crippen LogP contribution in [0.2, 0.25) is 0 Å². The lowest BCUT2D eigenvalue weighted by atomic mass is 9.87. The minimum Gasteiger partial charge on any atom is -0.504 e. The Morgan fingerprint density at radius 2 is 1.68 bits per heavy atom. The molecule has 2 aromatic carbocycles. The monoisotopic (exact) mass is 294 g/mol. The first-order valence-electron chi connectivity index (χ1n) is 6.67. The van der Waals surface area contributed by atoms with E-state index in [-0.39, 0.29) is 22.6 Å². The Hall–Kier alpha value is -3.08. The molecule has 2 N–H and O–H groups in total. The van der Waals surface area contributed by atoms with Gasteiger partial charge in [-0.15, -0.1) is 0 Å². The van der Waals surface area contributed by atoms with Crippen molar-refractivity contribution in [2.75, 3.05) is 0 Å². The molecule has 0 aliphatic heterocycles. The molecule has 1 aliphatic carbocycles. The maximum atomic E-state index is 12.4. The molecule has 4 rings (SSSR count). The number of Topliss-reactive ketones (excluding diaryl/α,β-unsaturated/α-hetero) is 2. The van der Waals surface area contributed by atoms with E-state index in [9.17, 15) is 19.8 Å². The molecule has 0 saturated heterocycles. The molecular formula is C17H10O5. The number of carbonyl (C=O) groups excluding carboxylic acids is 2. The van der Waals surface area contributed by atoms with Crippen LogP contribution in [0, 0.1) is 6.92 Å². The van der Waals surface area contributed by atoms with Gasteiger partial charge in [-0.1, -0.05) is 24.3 Å². The van der Waals surface area contributed by atoms with Crippen LogP contribution in [-0.2, 0) is 0 Å². The van der Waals surface area contributed by atoms with Crippen LogP contribution < -0.4 is 0 Å². The molecule has 0 bridgehead atoms. The van der Waals surface area contributed by atoms with Gasteiger partial charge in [0.15, 0.2) is 11.5 Å². The largest absolute Gasteiger partial charge is 0.504 e. The van der Waals surface area contributed by atoms with Crippen molar-refractivity contribution >= 4 is 22.5 Å². The number of hydrogen-bond acceptors (Lipinski definition) is 5. The highest BCUT2D eigenvalue weighted by molar-refractivity contribution is 6.54. The van der Waals surface area contributed by atoms with Crippen molar-refractivity contribution < 1.29 is 24.2 Å². The van der Waals surface area contributed by atoms with E-state index in [1.54, 1.807) is 31.2 Å². The summed E-state index contributed by atoms with van der Waals surface area (Å²) in [5.74, 6) is -1.63. The van der Waals surface area contributed by atoms with Gasteiger partial charge in [0.25, 0.3) is 0 Å². The summed E-state index contributed by atoms with van der Waals surface area (Å²) in [5.41, 5.74) is 1.58. The van der Waals surface area contributed by atoms with Crippen molar-refractivity contribution in [3.05, 3.63) is 47.0 Å². The standard InChI is InChI=1S/C17H10O5/c1-7-13(19)11(18)6-10-12-15(21)14(20)8-4-2-3-5-9(8)17(12)22-16(7)10/h2-6,18-19H,1H3. The van der Waals surface area contributed by atoms with E-state index < -0.39 is 11.6 Å². The Balaban J connectivity index is 2.21. The molecule has 22 heavy (non-hydrogen) atoms. The van der Waals surface area contributed by atoms with E-state index in [1.165, 1.54) is 6.07 Å². The fourth-order valence-corrected chi connectivity index (χ4v) is 2.89. The van der Waals surface area contributed by atoms with Crippen molar-refractivity contribution in [2.24, 2.45) is 0 Å². The number of phenolic OH excluding ortho intramolecular Hbond substituents is 2. The van der Waals surface area contributed by atoms with E-state index >= 15 is 0 Å². The minimum absolute atomic E-state index is 0.136. The van der Waals surface area contributed by atoms with Gasteiger partial charge < -0.3 is 14.6 Å². The van der Waals surface area contributed by atoms with Crippen LogP contribution in [-0.4, -0.2) is 21.8 Å². The topological polar surface area (TPSA) is 87.7 Å². The first kappa shape index (κ1) is 12.6. The van der Waals surface area contributed by atoms with E-state index in [0.717, 1.165) is 0 Å². The van der Waals surface area contributed by atoms with E-state index in [0.29, 0.717) is 27.8 Å². The smallest absolute Gasteiger partial charge is 0.238 e. The molecule has 0 atom stereocenters. The average Bonchev–Trinajstić information content (AvgIpc) is 2.90. The van der Waals surface area contributed by atoms with Gasteiger partial charge in [0.1, 0.15) is 11.3 Å². The van der Waals surface area contributed by atoms with Gasteiger partial charge in [0.2, 0.25) is 11.6 Å². The molecular weight excluding hydrogens is 284 g/mol. The lowest BCUT2D eigenvalue weighted by Crippen LogP contribution is -2.20. The van der Waals surface area contributed by atoms with Crippen LogP contribution in [0.1, 0.15) is 26.3 Å². The minimum atomic E-state index is -0.670. The fraction of sp³-hybridized carbons (Fsp3) is 0.0588. The number of carbonyl (C=O) groups is 2. The molecule has 1 aromatic heterocycles. The predicted molar refractivity (Wildman–Crippen MR) is 78.4 cm³/mol. The number of hydrogen-bond donors (Lipinski definition) is 2. The van der Waals surface area contributed by atoms with Crippen LogP contribution >= 0.6 is 0 Å². The summed E-state index contributed by atoms with van der Waals surface area (Å²) >= 11 is 0. The van der Waals surface area contributed by atoms with Gasteiger partial charge in [0.05, 0.1) is 5.56 Å². The first-order chi connectivity index (χ1) is 10.5. The van der Waals surface area contributed by atoms with E-state index in [2.05, 4.69) is 0 Å². The second-order valence-electron chi connectivity index (χ2n) is 5.26. The van der Waals surface area contributed by atoms with Crippen LogP contribution in [0.4, 0.5) is 0 Å². The lowest BCUT2D eigenvalue weighted by molar-refractivity contribution is 0.0815. The van der Waals surface area contributed by atoms with Crippen LogP contribution in [0.5, 0.6) is 11.5 Å². The molecule has 0 fully saturated rings. The molecule has 108 valence electrons. The van der Waals surface area contributed by atoms with Crippen LogP contribution in [0.25, 0.3) is 22.3 Å². The third-order valence-corrected chi connectivity index (χ3v) is 4.01. The number of ketones is 2. The van der Waals surface area contributed by atoms with Gasteiger partial charge in [-0.3, -0.25) is 9.59 Å². The second-order valence-corrected chi connectivity index (χ2v) is 5.26. The number of rotatable bonds is 0. The first-order valence-corrected chi connectivity index (χ1v) is 6.67. The zero-order valence-corrected chi connectivity index (χ0v) is 11.5. The number of benzene rings is 2. The molecule has 1 aliphatic rings. The summed E-state index contributed by atoms with van der Waals surface area (Å²) in [6, 6.07) is 7.96. The molecule has 5 heteroatoms. The summed E-state index contributed by atoms with van der Waals surface area (Å²) < 4.78 is 5.76. The Morgan fingerprint density at radius 1 is 1.00 bits per heavy atom. The Morgan fingerprint density at radius 3 is 2.41 bits per heavy atom. The Bertz CT molecular complexity index is 994. The molecule has 1 heterocycles. The number of aryl methyl sites for hydroxylation is 1. The zero-order valence-electron chi connectivity index (χ0n) is 11.5. The normalized spacial score (nSPS) is 13.3. The average molecular weight is 294 g/mol. The molecule has 0 radical (unpaired) electrons. The lowest BCUT2D eigenvalue weighted by Gasteiger charge is -2.12. The van der Waals surface area contributed by atoms with Gasteiger partial charge in [-0.05, 0) is 13.0 Å². The van der Waals surface area contributed by atoms with E-state index in [1.807, 2.05) is 0 Å². The van der Waals surface area contributed by atoms with Crippen molar-refractivity contribution in [1.29, 1.82) is 0 Å². The molecule has 0 spiro atoms.